The molecule has 14 heavy (non-hydrogen) atoms. The van der Waals surface area contributed by atoms with Gasteiger partial charge < -0.3 is 4.74 Å². The number of hydrogen-bond acceptors (Lipinski definition) is 2. The summed E-state index contributed by atoms with van der Waals surface area (Å²) in [7, 11) is 0. The number of Topliss-reactive ketones (excluding diaryl/α,β-unsaturated/α-hetero) is 1. The van der Waals surface area contributed by atoms with Crippen molar-refractivity contribution in [1.82, 2.24) is 0 Å². The van der Waals surface area contributed by atoms with E-state index in [-0.39, 0.29) is 3.42 Å². The largest absolute Gasteiger partial charge is 0.367 e. The van der Waals surface area contributed by atoms with Crippen molar-refractivity contribution in [3.63, 3.8) is 0 Å². The normalized spacial score (nSPS) is 41.9. The molecule has 1 saturated carbocycles. The molecule has 2 atom stereocenters. The molecule has 0 N–H and O–H groups in total. The van der Waals surface area contributed by atoms with Gasteiger partial charge in [0.1, 0.15) is 5.60 Å². The van der Waals surface area contributed by atoms with Crippen molar-refractivity contribution in [2.24, 2.45) is 5.92 Å². The number of halogens is 1. The summed E-state index contributed by atoms with van der Waals surface area (Å²) in [5, 5.41) is 0. The molecule has 2 nitrogen and oxygen atoms in total. The zero-order valence-electron chi connectivity index (χ0n) is 8.81. The molecule has 0 aromatic rings. The number of ether oxygens (including phenoxy) is 1. The molecule has 0 aromatic carbocycles. The molecule has 0 radical (unpaired) electrons. The van der Waals surface area contributed by atoms with Crippen LogP contribution < -0.4 is 0 Å². The second-order valence-corrected chi connectivity index (χ2v) is 7.06. The van der Waals surface area contributed by atoms with Crippen molar-refractivity contribution in [2.75, 3.05) is 6.61 Å². The van der Waals surface area contributed by atoms with Gasteiger partial charge in [0, 0.05) is 5.92 Å². The second kappa shape index (κ2) is 3.44. The van der Waals surface area contributed by atoms with Crippen molar-refractivity contribution >= 4 is 28.4 Å². The molecule has 2 rings (SSSR count). The standard InChI is InChI=1S/C11H17IO2/c1-8-7-14-11(5-3-4-6-11)9(13)10(8,2)12/h8H,3-7H2,1-2H3. The second-order valence-electron chi connectivity index (χ2n) is 4.82. The summed E-state index contributed by atoms with van der Waals surface area (Å²) in [5.41, 5.74) is -0.400. The first-order valence-electron chi connectivity index (χ1n) is 5.37. The van der Waals surface area contributed by atoms with Crippen LogP contribution in [0.3, 0.4) is 0 Å². The molecular formula is C11H17IO2. The zero-order valence-corrected chi connectivity index (χ0v) is 11.0. The lowest BCUT2D eigenvalue weighted by molar-refractivity contribution is -0.159. The summed E-state index contributed by atoms with van der Waals surface area (Å²) in [4.78, 5) is 12.3. The van der Waals surface area contributed by atoms with E-state index < -0.39 is 5.60 Å². The van der Waals surface area contributed by atoms with E-state index in [4.69, 9.17) is 4.74 Å². The number of hydrogen-bond donors (Lipinski definition) is 0. The maximum atomic E-state index is 12.3. The number of rotatable bonds is 0. The third-order valence-electron chi connectivity index (χ3n) is 3.80. The maximum absolute atomic E-state index is 12.3. The third kappa shape index (κ3) is 1.43. The Morgan fingerprint density at radius 1 is 1.43 bits per heavy atom. The van der Waals surface area contributed by atoms with Gasteiger partial charge in [0.25, 0.3) is 0 Å². The highest BCUT2D eigenvalue weighted by molar-refractivity contribution is 14.1. The van der Waals surface area contributed by atoms with Crippen molar-refractivity contribution in [2.45, 2.75) is 48.6 Å². The summed E-state index contributed by atoms with van der Waals surface area (Å²) in [5.74, 6) is 0.670. The topological polar surface area (TPSA) is 26.3 Å². The van der Waals surface area contributed by atoms with Gasteiger partial charge in [-0.05, 0) is 32.6 Å². The van der Waals surface area contributed by atoms with Gasteiger partial charge in [-0.2, -0.15) is 0 Å². The van der Waals surface area contributed by atoms with Gasteiger partial charge in [0.2, 0.25) is 0 Å². The van der Waals surface area contributed by atoms with E-state index >= 15 is 0 Å². The average Bonchev–Trinajstić information content (AvgIpc) is 2.60. The number of carbonyl (C=O) groups excluding carboxylic acids is 1. The Balaban J connectivity index is 2.27. The molecule has 0 aromatic heterocycles. The Morgan fingerprint density at radius 3 is 2.57 bits per heavy atom. The van der Waals surface area contributed by atoms with Gasteiger partial charge in [0.05, 0.1) is 10.0 Å². The Labute approximate surface area is 98.9 Å². The molecule has 1 aliphatic carbocycles. The lowest BCUT2D eigenvalue weighted by Gasteiger charge is -2.43. The van der Waals surface area contributed by atoms with Crippen LogP contribution in [0.2, 0.25) is 0 Å². The van der Waals surface area contributed by atoms with Crippen LogP contribution in [0.25, 0.3) is 0 Å². The van der Waals surface area contributed by atoms with Gasteiger partial charge >= 0.3 is 0 Å². The van der Waals surface area contributed by atoms with Crippen LogP contribution in [0.4, 0.5) is 0 Å². The van der Waals surface area contributed by atoms with E-state index in [9.17, 15) is 4.79 Å². The first-order valence-corrected chi connectivity index (χ1v) is 6.45. The van der Waals surface area contributed by atoms with E-state index in [0.717, 1.165) is 32.3 Å². The van der Waals surface area contributed by atoms with Crippen LogP contribution in [0.5, 0.6) is 0 Å². The Morgan fingerprint density at radius 2 is 2.00 bits per heavy atom. The summed E-state index contributed by atoms with van der Waals surface area (Å²) in [6.45, 7) is 4.90. The Kier molecular flexibility index (Phi) is 2.67. The predicted molar refractivity (Wildman–Crippen MR) is 63.7 cm³/mol. The Hall–Kier alpha value is 0.360. The first-order chi connectivity index (χ1) is 6.49. The van der Waals surface area contributed by atoms with Gasteiger partial charge in [-0.15, -0.1) is 0 Å². The lowest BCUT2D eigenvalue weighted by Crippen LogP contribution is -2.57. The first kappa shape index (κ1) is 10.9. The molecule has 0 bridgehead atoms. The molecule has 1 heterocycles. The van der Waals surface area contributed by atoms with Crippen molar-refractivity contribution in [3.8, 4) is 0 Å². The smallest absolute Gasteiger partial charge is 0.180 e. The average molecular weight is 308 g/mol. The van der Waals surface area contributed by atoms with E-state index in [1.807, 2.05) is 0 Å². The minimum atomic E-state index is -0.400. The molecule has 2 fully saturated rings. The fourth-order valence-corrected chi connectivity index (χ4v) is 3.16. The van der Waals surface area contributed by atoms with Gasteiger partial charge in [-0.3, -0.25) is 4.79 Å². The van der Waals surface area contributed by atoms with Gasteiger partial charge in [0.15, 0.2) is 5.78 Å². The van der Waals surface area contributed by atoms with Crippen LogP contribution in [-0.2, 0) is 9.53 Å². The summed E-state index contributed by atoms with van der Waals surface area (Å²) in [6.07, 6.45) is 4.17. The van der Waals surface area contributed by atoms with Crippen LogP contribution in [0, 0.1) is 5.92 Å². The van der Waals surface area contributed by atoms with E-state index in [2.05, 4.69) is 36.4 Å². The fraction of sp³-hybridized carbons (Fsp3) is 0.909. The maximum Gasteiger partial charge on any atom is 0.180 e. The van der Waals surface area contributed by atoms with E-state index in [1.165, 1.54) is 0 Å². The molecular weight excluding hydrogens is 291 g/mol. The number of alkyl halides is 1. The number of ketones is 1. The minimum Gasteiger partial charge on any atom is -0.367 e. The zero-order chi connectivity index (χ0) is 10.4. The summed E-state index contributed by atoms with van der Waals surface area (Å²) < 4.78 is 5.61. The summed E-state index contributed by atoms with van der Waals surface area (Å²) in [6, 6.07) is 0. The molecule has 1 saturated heterocycles. The summed E-state index contributed by atoms with van der Waals surface area (Å²) >= 11 is 2.31. The third-order valence-corrected chi connectivity index (χ3v) is 5.36. The molecule has 1 spiro atoms. The monoisotopic (exact) mass is 308 g/mol. The van der Waals surface area contributed by atoms with Gasteiger partial charge in [-0.25, -0.2) is 0 Å². The highest BCUT2D eigenvalue weighted by Crippen LogP contribution is 2.46. The Bertz CT molecular complexity index is 254. The highest BCUT2D eigenvalue weighted by Gasteiger charge is 2.54. The van der Waals surface area contributed by atoms with Crippen LogP contribution >= 0.6 is 22.6 Å². The molecule has 80 valence electrons. The molecule has 3 heteroatoms. The number of carbonyl (C=O) groups is 1. The van der Waals surface area contributed by atoms with E-state index in [0.29, 0.717) is 11.7 Å². The van der Waals surface area contributed by atoms with Crippen molar-refractivity contribution in [3.05, 3.63) is 0 Å². The minimum absolute atomic E-state index is 0.222. The van der Waals surface area contributed by atoms with Crippen LogP contribution in [-0.4, -0.2) is 21.4 Å². The van der Waals surface area contributed by atoms with Crippen molar-refractivity contribution in [1.29, 1.82) is 0 Å². The molecule has 0 amide bonds. The van der Waals surface area contributed by atoms with Gasteiger partial charge in [-0.1, -0.05) is 29.5 Å². The molecule has 2 aliphatic rings. The van der Waals surface area contributed by atoms with Crippen LogP contribution in [0.1, 0.15) is 39.5 Å². The lowest BCUT2D eigenvalue weighted by atomic mass is 9.79. The van der Waals surface area contributed by atoms with E-state index in [1.54, 1.807) is 0 Å². The molecule has 2 unspecified atom stereocenters. The fourth-order valence-electron chi connectivity index (χ4n) is 2.49. The van der Waals surface area contributed by atoms with Crippen molar-refractivity contribution < 1.29 is 9.53 Å². The quantitative estimate of drug-likeness (QED) is 0.508. The predicted octanol–water partition coefficient (Wildman–Crippen LogP) is 2.73. The van der Waals surface area contributed by atoms with Crippen LogP contribution in [0.15, 0.2) is 0 Å². The SMILES string of the molecule is CC1COC2(CCCC2)C(=O)C1(C)I. The highest BCUT2D eigenvalue weighted by atomic mass is 127. The molecule has 1 aliphatic heterocycles.